The quantitative estimate of drug-likeness (QED) is 0.570. The Morgan fingerprint density at radius 3 is 2.71 bits per heavy atom. The zero-order valence-electron chi connectivity index (χ0n) is 17.5. The predicted molar refractivity (Wildman–Crippen MR) is 116 cm³/mol. The van der Waals surface area contributed by atoms with E-state index in [1.165, 1.54) is 38.9 Å². The third kappa shape index (κ3) is 5.58. The monoisotopic (exact) mass is 382 g/mol. The minimum absolute atomic E-state index is 0.696. The molecule has 0 radical (unpaired) electrons. The Morgan fingerprint density at radius 1 is 1.29 bits per heavy atom. The molecular weight excluding hydrogens is 348 g/mol. The molecule has 0 unspecified atom stereocenters. The second-order valence-electron chi connectivity index (χ2n) is 7.61. The molecule has 28 heavy (non-hydrogen) atoms. The van der Waals surface area contributed by atoms with Gasteiger partial charge in [0.2, 0.25) is 0 Å². The van der Waals surface area contributed by atoms with E-state index in [-0.39, 0.29) is 0 Å². The third-order valence-corrected chi connectivity index (χ3v) is 5.66. The number of benzene rings is 1. The molecule has 1 fully saturated rings. The average Bonchev–Trinajstić information content (AvgIpc) is 3.20. The van der Waals surface area contributed by atoms with Crippen LogP contribution in [0.1, 0.15) is 32.0 Å². The molecule has 2 N–H and O–H groups in total. The predicted octanol–water partition coefficient (Wildman–Crippen LogP) is 3.21. The molecule has 0 atom stereocenters. The highest BCUT2D eigenvalue weighted by molar-refractivity contribution is 5.79. The summed E-state index contributed by atoms with van der Waals surface area (Å²) in [5, 5.41) is 3.52. The van der Waals surface area contributed by atoms with Crippen LogP contribution in [0, 0.1) is 5.92 Å². The van der Waals surface area contributed by atoms with E-state index < -0.39 is 0 Å². The normalized spacial score (nSPS) is 16.3. The maximum absolute atomic E-state index is 4.53. The van der Waals surface area contributed by atoms with Crippen molar-refractivity contribution in [1.29, 1.82) is 0 Å². The van der Waals surface area contributed by atoms with Gasteiger partial charge < -0.3 is 20.1 Å². The molecule has 2 aromatic rings. The molecule has 0 bridgehead atoms. The lowest BCUT2D eigenvalue weighted by atomic mass is 9.93. The van der Waals surface area contributed by atoms with E-state index in [1.54, 1.807) is 0 Å². The number of likely N-dealkylation sites (tertiary alicyclic amines) is 1. The summed E-state index contributed by atoms with van der Waals surface area (Å²) in [5.41, 5.74) is 2.20. The summed E-state index contributed by atoms with van der Waals surface area (Å²) < 4.78 is 0. The van der Waals surface area contributed by atoms with Crippen LogP contribution >= 0.6 is 0 Å². The van der Waals surface area contributed by atoms with Gasteiger partial charge in [0.25, 0.3) is 0 Å². The zero-order chi connectivity index (χ0) is 19.8. The minimum atomic E-state index is 0.696. The minimum Gasteiger partial charge on any atom is -0.356 e. The molecule has 2 heterocycles. The third-order valence-electron chi connectivity index (χ3n) is 5.66. The molecule has 6 heteroatoms. The first-order chi connectivity index (χ1) is 13.7. The number of piperidine rings is 1. The van der Waals surface area contributed by atoms with Gasteiger partial charge in [0.1, 0.15) is 5.82 Å². The summed E-state index contributed by atoms with van der Waals surface area (Å²) in [6, 6.07) is 10.3. The van der Waals surface area contributed by atoms with Gasteiger partial charge >= 0.3 is 0 Å². The molecule has 3 rings (SSSR count). The summed E-state index contributed by atoms with van der Waals surface area (Å²) >= 11 is 0. The van der Waals surface area contributed by atoms with Crippen molar-refractivity contribution in [2.75, 3.05) is 40.3 Å². The highest BCUT2D eigenvalue weighted by Crippen LogP contribution is 2.20. The number of hydrogen-bond acceptors (Lipinski definition) is 3. The number of aromatic nitrogens is 2. The van der Waals surface area contributed by atoms with Crippen molar-refractivity contribution in [1.82, 2.24) is 25.1 Å². The first-order valence-corrected chi connectivity index (χ1v) is 10.4. The summed E-state index contributed by atoms with van der Waals surface area (Å²) in [7, 11) is 3.90. The van der Waals surface area contributed by atoms with Gasteiger partial charge in [0, 0.05) is 20.6 Å². The van der Waals surface area contributed by atoms with E-state index in [1.807, 2.05) is 31.4 Å². The lowest BCUT2D eigenvalue weighted by Gasteiger charge is -2.31. The molecule has 1 aliphatic rings. The van der Waals surface area contributed by atoms with Crippen LogP contribution in [0.4, 0.5) is 0 Å². The molecule has 0 saturated carbocycles. The highest BCUT2D eigenvalue weighted by Gasteiger charge is 2.18. The van der Waals surface area contributed by atoms with Crippen molar-refractivity contribution >= 4 is 5.96 Å². The van der Waals surface area contributed by atoms with Gasteiger partial charge in [-0.05, 0) is 50.4 Å². The van der Waals surface area contributed by atoms with Crippen LogP contribution in [-0.2, 0) is 6.54 Å². The second kappa shape index (κ2) is 10.3. The Morgan fingerprint density at radius 2 is 2.04 bits per heavy atom. The first kappa shape index (κ1) is 20.4. The van der Waals surface area contributed by atoms with Crippen molar-refractivity contribution in [3.05, 3.63) is 42.4 Å². The van der Waals surface area contributed by atoms with Crippen LogP contribution in [0.15, 0.2) is 41.5 Å². The molecule has 0 amide bonds. The van der Waals surface area contributed by atoms with E-state index in [4.69, 9.17) is 0 Å². The number of nitrogens with one attached hydrogen (secondary N) is 2. The van der Waals surface area contributed by atoms with Crippen molar-refractivity contribution in [3.8, 4) is 11.3 Å². The van der Waals surface area contributed by atoms with Gasteiger partial charge in [0.15, 0.2) is 5.96 Å². The molecule has 0 spiro atoms. The maximum Gasteiger partial charge on any atom is 0.193 e. The van der Waals surface area contributed by atoms with Gasteiger partial charge in [-0.25, -0.2) is 4.98 Å². The van der Waals surface area contributed by atoms with Crippen LogP contribution in [0.3, 0.4) is 0 Å². The van der Waals surface area contributed by atoms with E-state index in [0.717, 1.165) is 35.5 Å². The lowest BCUT2D eigenvalue weighted by Crippen LogP contribution is -2.40. The van der Waals surface area contributed by atoms with Gasteiger partial charge in [0.05, 0.1) is 18.4 Å². The second-order valence-corrected chi connectivity index (χ2v) is 7.61. The summed E-state index contributed by atoms with van der Waals surface area (Å²) in [6.45, 7) is 7.60. The largest absolute Gasteiger partial charge is 0.356 e. The number of guanidine groups is 1. The number of H-pyrrole nitrogens is 1. The van der Waals surface area contributed by atoms with Gasteiger partial charge in [-0.15, -0.1) is 0 Å². The molecule has 1 aromatic carbocycles. The Kier molecular flexibility index (Phi) is 7.48. The van der Waals surface area contributed by atoms with Crippen molar-refractivity contribution in [2.24, 2.45) is 10.9 Å². The summed E-state index contributed by atoms with van der Waals surface area (Å²) in [4.78, 5) is 17.1. The van der Waals surface area contributed by atoms with Crippen molar-refractivity contribution in [3.63, 3.8) is 0 Å². The van der Waals surface area contributed by atoms with E-state index in [2.05, 4.69) is 56.2 Å². The topological polar surface area (TPSA) is 59.5 Å². The van der Waals surface area contributed by atoms with Crippen LogP contribution < -0.4 is 5.32 Å². The summed E-state index contributed by atoms with van der Waals surface area (Å²) in [5.74, 6) is 2.69. The number of hydrogen-bond donors (Lipinski definition) is 2. The molecule has 1 aromatic heterocycles. The molecule has 1 aliphatic heterocycles. The smallest absolute Gasteiger partial charge is 0.193 e. The van der Waals surface area contributed by atoms with Crippen LogP contribution in [0.25, 0.3) is 11.3 Å². The van der Waals surface area contributed by atoms with E-state index in [0.29, 0.717) is 6.54 Å². The lowest BCUT2D eigenvalue weighted by molar-refractivity contribution is 0.187. The summed E-state index contributed by atoms with van der Waals surface area (Å²) in [6.07, 6.45) is 5.75. The molecule has 152 valence electrons. The van der Waals surface area contributed by atoms with Gasteiger partial charge in [-0.3, -0.25) is 4.99 Å². The fraction of sp³-hybridized carbons (Fsp3) is 0.545. The SMILES string of the molecule is CCN1CCC(CCNC(=NC)N(C)Cc2ncc(-c3ccccc3)[nH]2)CC1. The van der Waals surface area contributed by atoms with Gasteiger partial charge in [-0.1, -0.05) is 37.3 Å². The highest BCUT2D eigenvalue weighted by atomic mass is 15.3. The Labute approximate surface area is 169 Å². The Bertz CT molecular complexity index is 730. The number of nitrogens with zero attached hydrogens (tertiary/aromatic N) is 4. The van der Waals surface area contributed by atoms with Crippen molar-refractivity contribution in [2.45, 2.75) is 32.7 Å². The van der Waals surface area contributed by atoms with E-state index in [9.17, 15) is 0 Å². The van der Waals surface area contributed by atoms with Gasteiger partial charge in [-0.2, -0.15) is 0 Å². The average molecular weight is 383 g/mol. The molecule has 6 nitrogen and oxygen atoms in total. The Hall–Kier alpha value is -2.34. The fourth-order valence-electron chi connectivity index (χ4n) is 3.87. The first-order valence-electron chi connectivity index (χ1n) is 10.4. The number of aromatic amines is 1. The van der Waals surface area contributed by atoms with Crippen LogP contribution in [-0.4, -0.2) is 66.0 Å². The number of rotatable bonds is 7. The molecule has 1 saturated heterocycles. The molecular formula is C22H34N6. The zero-order valence-corrected chi connectivity index (χ0v) is 17.5. The Balaban J connectivity index is 1.45. The fourth-order valence-corrected chi connectivity index (χ4v) is 3.87. The van der Waals surface area contributed by atoms with E-state index >= 15 is 0 Å². The standard InChI is InChI=1S/C22H34N6/c1-4-28-14-11-18(12-15-28)10-13-24-22(23-2)27(3)17-21-25-16-20(26-21)19-8-6-5-7-9-19/h5-9,16,18H,4,10-15,17H2,1-3H3,(H,23,24)(H,25,26). The maximum atomic E-state index is 4.53. The van der Waals surface area contributed by atoms with Crippen LogP contribution in [0.5, 0.6) is 0 Å². The van der Waals surface area contributed by atoms with Crippen molar-refractivity contribution < 1.29 is 0 Å². The number of aliphatic imine (C=N–C) groups is 1. The molecule has 0 aliphatic carbocycles. The van der Waals surface area contributed by atoms with Crippen LogP contribution in [0.2, 0.25) is 0 Å². The number of imidazole rings is 1.